The zero-order valence-electron chi connectivity index (χ0n) is 14.2. The van der Waals surface area contributed by atoms with Crippen molar-refractivity contribution in [2.45, 2.75) is 19.8 Å². The predicted octanol–water partition coefficient (Wildman–Crippen LogP) is 2.56. The van der Waals surface area contributed by atoms with Gasteiger partial charge < -0.3 is 20.7 Å². The number of nitrogens with zero attached hydrogens (tertiary/aromatic N) is 3. The lowest BCUT2D eigenvalue weighted by Crippen LogP contribution is -2.23. The molecule has 0 bridgehead atoms. The summed E-state index contributed by atoms with van der Waals surface area (Å²) in [6.07, 6.45) is 3.58. The van der Waals surface area contributed by atoms with Crippen LogP contribution < -0.4 is 20.7 Å². The molecule has 1 heterocycles. The highest BCUT2D eigenvalue weighted by atomic mass is 16.5. The van der Waals surface area contributed by atoms with E-state index in [2.05, 4.69) is 22.2 Å². The van der Waals surface area contributed by atoms with Crippen LogP contribution in [0.15, 0.2) is 30.5 Å². The van der Waals surface area contributed by atoms with E-state index in [4.69, 9.17) is 10.5 Å². The highest BCUT2D eigenvalue weighted by molar-refractivity contribution is 6.07. The molecule has 1 aromatic heterocycles. The van der Waals surface area contributed by atoms with E-state index < -0.39 is 0 Å². The molecule has 1 amide bonds. The summed E-state index contributed by atoms with van der Waals surface area (Å²) in [5, 5.41) is 2.77. The molecular formula is C17H23N5O2. The van der Waals surface area contributed by atoms with Gasteiger partial charge in [-0.1, -0.05) is 13.3 Å². The van der Waals surface area contributed by atoms with Crippen LogP contribution in [0.4, 0.5) is 17.5 Å². The van der Waals surface area contributed by atoms with Crippen molar-refractivity contribution in [3.8, 4) is 5.75 Å². The molecule has 0 radical (unpaired) electrons. The molecule has 0 saturated carbocycles. The maximum Gasteiger partial charge on any atom is 0.260 e. The summed E-state index contributed by atoms with van der Waals surface area (Å²) in [5.41, 5.74) is 6.82. The van der Waals surface area contributed by atoms with E-state index in [1.165, 1.54) is 6.20 Å². The van der Waals surface area contributed by atoms with Gasteiger partial charge in [-0.2, -0.15) is 4.98 Å². The number of carbonyl (C=O) groups excluding carboxylic acids is 1. The maximum atomic E-state index is 12.3. The Hall–Kier alpha value is -2.83. The third kappa shape index (κ3) is 4.34. The largest absolute Gasteiger partial charge is 0.497 e. The van der Waals surface area contributed by atoms with E-state index in [1.807, 2.05) is 11.9 Å². The number of hydrogen-bond donors (Lipinski definition) is 2. The molecule has 3 N–H and O–H groups in total. The fourth-order valence-electron chi connectivity index (χ4n) is 2.11. The number of amides is 1. The summed E-state index contributed by atoms with van der Waals surface area (Å²) in [6, 6.07) is 7.03. The Kier molecular flexibility index (Phi) is 5.95. The van der Waals surface area contributed by atoms with E-state index in [9.17, 15) is 4.79 Å². The number of anilines is 3. The third-order valence-corrected chi connectivity index (χ3v) is 3.59. The van der Waals surface area contributed by atoms with Crippen LogP contribution >= 0.6 is 0 Å². The summed E-state index contributed by atoms with van der Waals surface area (Å²) in [5.74, 6) is 1.05. The van der Waals surface area contributed by atoms with E-state index in [1.54, 1.807) is 31.4 Å². The summed E-state index contributed by atoms with van der Waals surface area (Å²) in [7, 11) is 3.49. The molecular weight excluding hydrogens is 306 g/mol. The first kappa shape index (κ1) is 17.5. The lowest BCUT2D eigenvalue weighted by atomic mass is 10.2. The molecule has 0 unspecified atom stereocenters. The number of ether oxygens (including phenoxy) is 1. The minimum Gasteiger partial charge on any atom is -0.497 e. The van der Waals surface area contributed by atoms with Crippen molar-refractivity contribution in [3.05, 3.63) is 36.0 Å². The molecule has 7 nitrogen and oxygen atoms in total. The molecule has 128 valence electrons. The number of methoxy groups -OCH3 is 1. The van der Waals surface area contributed by atoms with Crippen LogP contribution in [-0.2, 0) is 0 Å². The second kappa shape index (κ2) is 8.14. The maximum absolute atomic E-state index is 12.3. The second-order valence-corrected chi connectivity index (χ2v) is 5.43. The van der Waals surface area contributed by atoms with Gasteiger partial charge >= 0.3 is 0 Å². The molecule has 0 aliphatic heterocycles. The number of unbranched alkanes of at least 4 members (excludes halogenated alkanes) is 1. The van der Waals surface area contributed by atoms with Crippen molar-refractivity contribution in [3.63, 3.8) is 0 Å². The summed E-state index contributed by atoms with van der Waals surface area (Å²) >= 11 is 0. The Morgan fingerprint density at radius 2 is 2.04 bits per heavy atom. The van der Waals surface area contributed by atoms with Gasteiger partial charge in [0.25, 0.3) is 5.91 Å². The molecule has 0 saturated heterocycles. The first-order valence-electron chi connectivity index (χ1n) is 7.84. The lowest BCUT2D eigenvalue weighted by Gasteiger charge is -2.17. The van der Waals surface area contributed by atoms with Crippen LogP contribution in [0, 0.1) is 0 Å². The van der Waals surface area contributed by atoms with Crippen LogP contribution in [0.5, 0.6) is 5.75 Å². The first-order valence-corrected chi connectivity index (χ1v) is 7.84. The van der Waals surface area contributed by atoms with Crippen molar-refractivity contribution in [2.24, 2.45) is 0 Å². The van der Waals surface area contributed by atoms with Crippen molar-refractivity contribution >= 4 is 23.4 Å². The van der Waals surface area contributed by atoms with Crippen LogP contribution in [0.3, 0.4) is 0 Å². The molecule has 0 spiro atoms. The molecule has 7 heteroatoms. The Balaban J connectivity index is 2.08. The highest BCUT2D eigenvalue weighted by Gasteiger charge is 2.14. The normalized spacial score (nSPS) is 10.3. The molecule has 0 fully saturated rings. The van der Waals surface area contributed by atoms with Gasteiger partial charge in [-0.25, -0.2) is 4.98 Å². The zero-order chi connectivity index (χ0) is 17.5. The van der Waals surface area contributed by atoms with Crippen molar-refractivity contribution in [1.82, 2.24) is 9.97 Å². The quantitative estimate of drug-likeness (QED) is 0.811. The first-order chi connectivity index (χ1) is 11.5. The van der Waals surface area contributed by atoms with Gasteiger partial charge in [-0.05, 0) is 30.7 Å². The second-order valence-electron chi connectivity index (χ2n) is 5.43. The van der Waals surface area contributed by atoms with Crippen molar-refractivity contribution in [2.75, 3.05) is 36.7 Å². The molecule has 2 rings (SSSR count). The van der Waals surface area contributed by atoms with Crippen LogP contribution in [0.2, 0.25) is 0 Å². The SMILES string of the molecule is CCCCN(C)c1ncc(C(=O)Nc2ccc(OC)cc2)c(N)n1. The third-order valence-electron chi connectivity index (χ3n) is 3.59. The average molecular weight is 329 g/mol. The number of aromatic nitrogens is 2. The van der Waals surface area contributed by atoms with E-state index >= 15 is 0 Å². The minimum absolute atomic E-state index is 0.161. The monoisotopic (exact) mass is 329 g/mol. The Bertz CT molecular complexity index is 688. The molecule has 0 aliphatic carbocycles. The van der Waals surface area contributed by atoms with Crippen molar-refractivity contribution in [1.29, 1.82) is 0 Å². The fourth-order valence-corrected chi connectivity index (χ4v) is 2.11. The van der Waals surface area contributed by atoms with Gasteiger partial charge in [-0.15, -0.1) is 0 Å². The molecule has 24 heavy (non-hydrogen) atoms. The molecule has 1 aromatic carbocycles. The minimum atomic E-state index is -0.347. The number of carbonyl (C=O) groups is 1. The smallest absolute Gasteiger partial charge is 0.260 e. The Labute approximate surface area is 141 Å². The van der Waals surface area contributed by atoms with Gasteiger partial charge in [0.05, 0.1) is 7.11 Å². The Morgan fingerprint density at radius 3 is 2.62 bits per heavy atom. The van der Waals surface area contributed by atoms with Gasteiger partial charge in [0.1, 0.15) is 17.1 Å². The fraction of sp³-hybridized carbons (Fsp3) is 0.353. The van der Waals surface area contributed by atoms with E-state index in [0.29, 0.717) is 11.6 Å². The molecule has 0 atom stereocenters. The van der Waals surface area contributed by atoms with Crippen molar-refractivity contribution < 1.29 is 9.53 Å². The standard InChI is InChI=1S/C17H23N5O2/c1-4-5-10-22(2)17-19-11-14(15(18)21-17)16(23)20-12-6-8-13(24-3)9-7-12/h6-9,11H,4-5,10H2,1-3H3,(H,20,23)(H2,18,19,21). The topological polar surface area (TPSA) is 93.4 Å². The number of nitrogen functional groups attached to an aromatic ring is 1. The summed E-state index contributed by atoms with van der Waals surface area (Å²) in [6.45, 7) is 2.96. The molecule has 2 aromatic rings. The van der Waals surface area contributed by atoms with Crippen LogP contribution in [0.25, 0.3) is 0 Å². The van der Waals surface area contributed by atoms with E-state index in [-0.39, 0.29) is 17.3 Å². The highest BCUT2D eigenvalue weighted by Crippen LogP contribution is 2.18. The van der Waals surface area contributed by atoms with E-state index in [0.717, 1.165) is 25.1 Å². The van der Waals surface area contributed by atoms with Gasteiger partial charge in [0.2, 0.25) is 5.95 Å². The number of benzene rings is 1. The number of nitrogens with two attached hydrogens (primary N) is 1. The number of rotatable bonds is 7. The van der Waals surface area contributed by atoms with Gasteiger partial charge in [0.15, 0.2) is 0 Å². The Morgan fingerprint density at radius 1 is 1.33 bits per heavy atom. The molecule has 0 aliphatic rings. The van der Waals surface area contributed by atoms with Gasteiger partial charge in [0, 0.05) is 25.5 Å². The van der Waals surface area contributed by atoms with Crippen LogP contribution in [0.1, 0.15) is 30.1 Å². The predicted molar refractivity (Wildman–Crippen MR) is 95.6 cm³/mol. The number of nitrogens with one attached hydrogen (secondary N) is 1. The summed E-state index contributed by atoms with van der Waals surface area (Å²) < 4.78 is 5.08. The average Bonchev–Trinajstić information content (AvgIpc) is 2.60. The zero-order valence-corrected chi connectivity index (χ0v) is 14.2. The van der Waals surface area contributed by atoms with Crippen LogP contribution in [-0.4, -0.2) is 36.6 Å². The summed E-state index contributed by atoms with van der Waals surface area (Å²) in [4.78, 5) is 22.7. The van der Waals surface area contributed by atoms with Gasteiger partial charge in [-0.3, -0.25) is 4.79 Å². The lowest BCUT2D eigenvalue weighted by molar-refractivity contribution is 0.102. The number of hydrogen-bond acceptors (Lipinski definition) is 6.